The molecular weight excluding hydrogens is 346 g/mol. The maximum Gasteiger partial charge on any atom is 0.422 e. The Morgan fingerprint density at radius 3 is 2.60 bits per heavy atom. The number of methoxy groups -OCH3 is 1. The highest BCUT2D eigenvalue weighted by Gasteiger charge is 2.29. The van der Waals surface area contributed by atoms with Gasteiger partial charge in [-0.15, -0.1) is 0 Å². The van der Waals surface area contributed by atoms with Crippen LogP contribution < -0.4 is 10.5 Å². The maximum atomic E-state index is 14.0. The van der Waals surface area contributed by atoms with E-state index in [4.69, 9.17) is 11.0 Å². The molecule has 0 unspecified atom stereocenters. The number of benzene rings is 1. The van der Waals surface area contributed by atoms with Gasteiger partial charge in [0.25, 0.3) is 0 Å². The zero-order chi connectivity index (χ0) is 18.8. The first-order valence-corrected chi connectivity index (χ1v) is 6.66. The molecule has 2 aromatic rings. The summed E-state index contributed by atoms with van der Waals surface area (Å²) in [4.78, 5) is 11.8. The van der Waals surface area contributed by atoms with Gasteiger partial charge in [0.1, 0.15) is 6.07 Å². The quantitative estimate of drug-likeness (QED) is 0.671. The van der Waals surface area contributed by atoms with Crippen molar-refractivity contribution in [2.45, 2.75) is 6.18 Å². The van der Waals surface area contributed by atoms with E-state index in [1.165, 1.54) is 12.3 Å². The molecule has 0 saturated carbocycles. The molecule has 2 rings (SSSR count). The lowest BCUT2D eigenvalue weighted by atomic mass is 10.2. The molecule has 0 saturated heterocycles. The summed E-state index contributed by atoms with van der Waals surface area (Å²) in [7, 11) is 1.10. The van der Waals surface area contributed by atoms with Gasteiger partial charge in [0.15, 0.2) is 23.9 Å². The van der Waals surface area contributed by atoms with Crippen molar-refractivity contribution in [3.05, 3.63) is 41.5 Å². The Bertz CT molecular complexity index is 853. The van der Waals surface area contributed by atoms with E-state index >= 15 is 0 Å². The fraction of sp³-hybridized carbons (Fsp3) is 0.200. The second-order valence-corrected chi connectivity index (χ2v) is 4.80. The lowest BCUT2D eigenvalue weighted by Gasteiger charge is -2.12. The summed E-state index contributed by atoms with van der Waals surface area (Å²) in [5.74, 6) is -2.55. The number of carbonyl (C=O) groups is 1. The van der Waals surface area contributed by atoms with Crippen LogP contribution in [0.15, 0.2) is 24.4 Å². The van der Waals surface area contributed by atoms with E-state index in [0.717, 1.165) is 23.8 Å². The number of alkyl halides is 3. The minimum Gasteiger partial charge on any atom is -0.481 e. The summed E-state index contributed by atoms with van der Waals surface area (Å²) in [6.07, 6.45) is -3.42. The highest BCUT2D eigenvalue weighted by Crippen LogP contribution is 2.28. The van der Waals surface area contributed by atoms with Crippen LogP contribution in [-0.2, 0) is 4.74 Å². The number of nitrogen functional groups attached to an aromatic ring is 1. The number of ether oxygens (including phenoxy) is 2. The van der Waals surface area contributed by atoms with E-state index in [-0.39, 0.29) is 22.6 Å². The molecule has 132 valence electrons. The van der Waals surface area contributed by atoms with Crippen LogP contribution >= 0.6 is 0 Å². The average molecular weight is 357 g/mol. The molecular formula is C15H11F4N3O3. The monoisotopic (exact) mass is 357 g/mol. The second kappa shape index (κ2) is 6.72. The Kier molecular flexibility index (Phi) is 4.87. The van der Waals surface area contributed by atoms with Gasteiger partial charge in [-0.05, 0) is 12.1 Å². The largest absolute Gasteiger partial charge is 0.481 e. The van der Waals surface area contributed by atoms with Crippen molar-refractivity contribution < 1.29 is 31.8 Å². The Balaban J connectivity index is 2.45. The third-order valence-corrected chi connectivity index (χ3v) is 3.13. The van der Waals surface area contributed by atoms with E-state index in [2.05, 4.69) is 9.47 Å². The number of nitrogens with two attached hydrogens (primary N) is 1. The zero-order valence-electron chi connectivity index (χ0n) is 12.7. The van der Waals surface area contributed by atoms with Gasteiger partial charge in [0.2, 0.25) is 0 Å². The van der Waals surface area contributed by atoms with Crippen LogP contribution in [0.25, 0.3) is 5.69 Å². The van der Waals surface area contributed by atoms with Crippen LogP contribution in [0.5, 0.6) is 5.75 Å². The minimum atomic E-state index is -4.61. The van der Waals surface area contributed by atoms with Crippen LogP contribution in [0, 0.1) is 17.1 Å². The lowest BCUT2D eigenvalue weighted by Crippen LogP contribution is -2.19. The highest BCUT2D eigenvalue weighted by molar-refractivity contribution is 5.95. The number of rotatable bonds is 4. The smallest absolute Gasteiger partial charge is 0.422 e. The Morgan fingerprint density at radius 2 is 2.08 bits per heavy atom. The molecule has 1 heterocycles. The predicted molar refractivity (Wildman–Crippen MR) is 77.7 cm³/mol. The SMILES string of the molecule is COC(=O)c1c(N)c(C#N)cn1-c1ccc(OCC(F)(F)F)c(F)c1. The summed E-state index contributed by atoms with van der Waals surface area (Å²) >= 11 is 0. The number of carbonyl (C=O) groups excluding carboxylic acids is 1. The lowest BCUT2D eigenvalue weighted by molar-refractivity contribution is -0.153. The van der Waals surface area contributed by atoms with Crippen molar-refractivity contribution in [3.63, 3.8) is 0 Å². The third kappa shape index (κ3) is 3.82. The number of nitriles is 1. The van der Waals surface area contributed by atoms with E-state index < -0.39 is 30.3 Å². The van der Waals surface area contributed by atoms with Gasteiger partial charge in [-0.1, -0.05) is 0 Å². The molecule has 2 N–H and O–H groups in total. The zero-order valence-corrected chi connectivity index (χ0v) is 12.7. The molecule has 1 aromatic carbocycles. The molecule has 0 atom stereocenters. The Morgan fingerprint density at radius 1 is 1.40 bits per heavy atom. The van der Waals surface area contributed by atoms with Crippen molar-refractivity contribution in [2.24, 2.45) is 0 Å². The summed E-state index contributed by atoms with van der Waals surface area (Å²) in [5, 5.41) is 9.01. The van der Waals surface area contributed by atoms with Crippen molar-refractivity contribution in [3.8, 4) is 17.5 Å². The van der Waals surface area contributed by atoms with Crippen LogP contribution in [0.2, 0.25) is 0 Å². The van der Waals surface area contributed by atoms with Gasteiger partial charge >= 0.3 is 12.1 Å². The van der Waals surface area contributed by atoms with Gasteiger partial charge in [-0.2, -0.15) is 18.4 Å². The number of halogens is 4. The van der Waals surface area contributed by atoms with Crippen LogP contribution in [0.4, 0.5) is 23.2 Å². The molecule has 1 aromatic heterocycles. The Labute approximate surface area is 139 Å². The van der Waals surface area contributed by atoms with Gasteiger partial charge < -0.3 is 19.8 Å². The number of nitrogens with zero attached hydrogens (tertiary/aromatic N) is 2. The molecule has 10 heteroatoms. The number of aromatic nitrogens is 1. The normalized spacial score (nSPS) is 11.0. The third-order valence-electron chi connectivity index (χ3n) is 3.13. The molecule has 0 bridgehead atoms. The fourth-order valence-corrected chi connectivity index (χ4v) is 2.03. The first-order valence-electron chi connectivity index (χ1n) is 6.66. The summed E-state index contributed by atoms with van der Waals surface area (Å²) < 4.78 is 60.5. The number of hydrogen-bond acceptors (Lipinski definition) is 5. The molecule has 0 aliphatic carbocycles. The highest BCUT2D eigenvalue weighted by atomic mass is 19.4. The maximum absolute atomic E-state index is 14.0. The van der Waals surface area contributed by atoms with Crippen molar-refractivity contribution >= 4 is 11.7 Å². The van der Waals surface area contributed by atoms with Gasteiger partial charge in [-0.25, -0.2) is 9.18 Å². The van der Waals surface area contributed by atoms with Gasteiger partial charge in [0, 0.05) is 18.0 Å². The number of anilines is 1. The molecule has 0 amide bonds. The summed E-state index contributed by atoms with van der Waals surface area (Å²) in [6, 6.07) is 4.80. The standard InChI is InChI=1S/C15H11F4N3O3/c1-24-14(23)13-12(21)8(5-20)6-22(13)9-2-3-11(10(16)4-9)25-7-15(17,18)19/h2-4,6H,7,21H2,1H3. The molecule has 6 nitrogen and oxygen atoms in total. The molecule has 0 aliphatic rings. The average Bonchev–Trinajstić information content (AvgIpc) is 2.88. The number of esters is 1. The first kappa shape index (κ1) is 18.1. The van der Waals surface area contributed by atoms with Crippen molar-refractivity contribution in [2.75, 3.05) is 19.5 Å². The molecule has 0 radical (unpaired) electrons. The van der Waals surface area contributed by atoms with E-state index in [1.54, 1.807) is 6.07 Å². The van der Waals surface area contributed by atoms with E-state index in [9.17, 15) is 22.4 Å². The number of hydrogen-bond donors (Lipinski definition) is 1. The van der Waals surface area contributed by atoms with E-state index in [0.29, 0.717) is 0 Å². The predicted octanol–water partition coefficient (Wildman–Crippen LogP) is 2.80. The van der Waals surface area contributed by atoms with Crippen LogP contribution in [-0.4, -0.2) is 30.4 Å². The fourth-order valence-electron chi connectivity index (χ4n) is 2.03. The van der Waals surface area contributed by atoms with Crippen molar-refractivity contribution in [1.29, 1.82) is 5.26 Å². The van der Waals surface area contributed by atoms with Crippen molar-refractivity contribution in [1.82, 2.24) is 4.57 Å². The first-order chi connectivity index (χ1) is 11.7. The van der Waals surface area contributed by atoms with E-state index in [1.807, 2.05) is 0 Å². The minimum absolute atomic E-state index is 0.0433. The molecule has 0 aliphatic heterocycles. The summed E-state index contributed by atoms with van der Waals surface area (Å²) in [5.41, 5.74) is 5.34. The van der Waals surface area contributed by atoms with Crippen LogP contribution in [0.3, 0.4) is 0 Å². The molecule has 25 heavy (non-hydrogen) atoms. The summed E-state index contributed by atoms with van der Waals surface area (Å²) in [6.45, 7) is -1.65. The topological polar surface area (TPSA) is 90.3 Å². The molecule has 0 spiro atoms. The van der Waals surface area contributed by atoms with Gasteiger partial charge in [-0.3, -0.25) is 0 Å². The molecule has 0 fully saturated rings. The van der Waals surface area contributed by atoms with Crippen LogP contribution in [0.1, 0.15) is 16.1 Å². The second-order valence-electron chi connectivity index (χ2n) is 4.80. The Hall–Kier alpha value is -3.22. The van der Waals surface area contributed by atoms with Gasteiger partial charge in [0.05, 0.1) is 18.4 Å².